The molecule has 5 nitrogen and oxygen atoms in total. The third kappa shape index (κ3) is 2.82. The van der Waals surface area contributed by atoms with E-state index in [0.29, 0.717) is 13.0 Å². The summed E-state index contributed by atoms with van der Waals surface area (Å²) < 4.78 is 18.3. The number of carbonyl (C=O) groups is 2. The van der Waals surface area contributed by atoms with Crippen LogP contribution in [0.5, 0.6) is 5.75 Å². The van der Waals surface area contributed by atoms with E-state index in [4.69, 9.17) is 4.74 Å². The molecule has 6 heteroatoms. The van der Waals surface area contributed by atoms with Crippen molar-refractivity contribution in [1.82, 2.24) is 9.88 Å². The third-order valence-electron chi connectivity index (χ3n) is 2.66. The number of ether oxygens (including phenoxy) is 1. The predicted molar refractivity (Wildman–Crippen MR) is 60.3 cm³/mol. The number of likely N-dealkylation sites (tertiary alicyclic amines) is 1. The van der Waals surface area contributed by atoms with Crippen molar-refractivity contribution in [3.63, 3.8) is 0 Å². The van der Waals surface area contributed by atoms with E-state index in [2.05, 4.69) is 4.98 Å². The molecule has 1 aliphatic rings. The zero-order valence-electron chi connectivity index (χ0n) is 9.76. The second-order valence-corrected chi connectivity index (χ2v) is 3.93. The second-order valence-electron chi connectivity index (χ2n) is 3.93. The summed E-state index contributed by atoms with van der Waals surface area (Å²) in [5.74, 6) is -0.873. The summed E-state index contributed by atoms with van der Waals surface area (Å²) in [6, 6.07) is 3.06. The fraction of sp³-hybridized carbons (Fsp3) is 0.417. The van der Waals surface area contributed by atoms with Crippen LogP contribution in [0.4, 0.5) is 4.39 Å². The van der Waals surface area contributed by atoms with Gasteiger partial charge in [0, 0.05) is 25.6 Å². The van der Waals surface area contributed by atoms with Gasteiger partial charge in [-0.2, -0.15) is 4.39 Å². The minimum absolute atomic E-state index is 0.0802. The predicted octanol–water partition coefficient (Wildman–Crippen LogP) is 1.14. The molecular weight excluding hydrogens is 238 g/mol. The number of carbonyl (C=O) groups excluding carboxylic acids is 2. The van der Waals surface area contributed by atoms with E-state index in [1.165, 1.54) is 17.2 Å². The molecule has 2 heterocycles. The summed E-state index contributed by atoms with van der Waals surface area (Å²) in [5, 5.41) is 0. The van der Waals surface area contributed by atoms with E-state index < -0.39 is 5.95 Å². The van der Waals surface area contributed by atoms with Crippen LogP contribution in [0.2, 0.25) is 0 Å². The number of halogens is 1. The molecule has 1 saturated heterocycles. The van der Waals surface area contributed by atoms with E-state index in [-0.39, 0.29) is 37.0 Å². The molecule has 0 aliphatic carbocycles. The molecule has 0 aromatic carbocycles. The summed E-state index contributed by atoms with van der Waals surface area (Å²) in [5.41, 5.74) is 0. The molecule has 0 spiro atoms. The summed E-state index contributed by atoms with van der Waals surface area (Å²) in [6.07, 6.45) is 2.39. The Balaban J connectivity index is 1.75. The number of rotatable bonds is 5. The van der Waals surface area contributed by atoms with Gasteiger partial charge in [0.15, 0.2) is 5.75 Å². The van der Waals surface area contributed by atoms with Gasteiger partial charge in [-0.3, -0.25) is 14.5 Å². The van der Waals surface area contributed by atoms with Crippen molar-refractivity contribution in [3.8, 4) is 5.75 Å². The molecule has 0 bridgehead atoms. The molecule has 1 aliphatic heterocycles. The topological polar surface area (TPSA) is 59.5 Å². The first kappa shape index (κ1) is 12.5. The van der Waals surface area contributed by atoms with Crippen LogP contribution < -0.4 is 4.74 Å². The maximum absolute atomic E-state index is 13.1. The van der Waals surface area contributed by atoms with Gasteiger partial charge in [-0.15, -0.1) is 0 Å². The van der Waals surface area contributed by atoms with Gasteiger partial charge < -0.3 is 4.74 Å². The normalized spacial score (nSPS) is 15.3. The Morgan fingerprint density at radius 2 is 2.06 bits per heavy atom. The number of nitrogens with zero attached hydrogens (tertiary/aromatic N) is 2. The lowest BCUT2D eigenvalue weighted by Crippen LogP contribution is -2.30. The molecular formula is C12H13FN2O3. The zero-order chi connectivity index (χ0) is 13.0. The Hall–Kier alpha value is -1.98. The number of aromatic nitrogens is 1. The number of imide groups is 1. The van der Waals surface area contributed by atoms with E-state index in [1.807, 2.05) is 0 Å². The minimum Gasteiger partial charge on any atom is -0.489 e. The van der Waals surface area contributed by atoms with Gasteiger partial charge in [0.25, 0.3) is 5.95 Å². The monoisotopic (exact) mass is 251 g/mol. The number of pyridine rings is 1. The number of amides is 2. The average molecular weight is 251 g/mol. The Morgan fingerprint density at radius 3 is 2.72 bits per heavy atom. The Kier molecular flexibility index (Phi) is 3.86. The SMILES string of the molecule is O=C1CCC(=O)N1CCCOc1cccnc1[18F]. The van der Waals surface area contributed by atoms with Gasteiger partial charge in [0.05, 0.1) is 6.61 Å². The van der Waals surface area contributed by atoms with Crippen molar-refractivity contribution < 1.29 is 18.7 Å². The molecule has 18 heavy (non-hydrogen) atoms. The molecule has 0 saturated carbocycles. The Morgan fingerprint density at radius 1 is 1.33 bits per heavy atom. The van der Waals surface area contributed by atoms with E-state index in [1.54, 1.807) is 6.07 Å². The zero-order valence-corrected chi connectivity index (χ0v) is 9.76. The minimum atomic E-state index is -0.661. The highest BCUT2D eigenvalue weighted by molar-refractivity contribution is 6.01. The van der Waals surface area contributed by atoms with Gasteiger partial charge >= 0.3 is 0 Å². The Bertz CT molecular complexity index is 448. The molecule has 1 fully saturated rings. The van der Waals surface area contributed by atoms with Gasteiger partial charge in [0.1, 0.15) is 0 Å². The lowest BCUT2D eigenvalue weighted by atomic mass is 10.4. The van der Waals surface area contributed by atoms with Gasteiger partial charge in [-0.1, -0.05) is 0 Å². The molecule has 96 valence electrons. The fourth-order valence-corrected chi connectivity index (χ4v) is 1.76. The maximum Gasteiger partial charge on any atom is 0.255 e. The van der Waals surface area contributed by atoms with Crippen molar-refractivity contribution in [1.29, 1.82) is 0 Å². The van der Waals surface area contributed by atoms with Crippen LogP contribution in [0.15, 0.2) is 18.3 Å². The highest BCUT2D eigenvalue weighted by atomic mass is 18.2. The summed E-state index contributed by atoms with van der Waals surface area (Å²) in [7, 11) is 0. The van der Waals surface area contributed by atoms with Crippen LogP contribution in [0.1, 0.15) is 19.3 Å². The van der Waals surface area contributed by atoms with Crippen molar-refractivity contribution in [2.45, 2.75) is 19.3 Å². The molecule has 0 N–H and O–H groups in total. The van der Waals surface area contributed by atoms with Gasteiger partial charge in [-0.25, -0.2) is 4.98 Å². The first-order valence-electron chi connectivity index (χ1n) is 5.75. The van der Waals surface area contributed by atoms with Crippen molar-refractivity contribution in [2.24, 2.45) is 0 Å². The second kappa shape index (κ2) is 5.57. The van der Waals surface area contributed by atoms with Crippen molar-refractivity contribution >= 4 is 11.8 Å². The van der Waals surface area contributed by atoms with Crippen molar-refractivity contribution in [2.75, 3.05) is 13.2 Å². The van der Waals surface area contributed by atoms with Crippen LogP contribution in [0.25, 0.3) is 0 Å². The largest absolute Gasteiger partial charge is 0.489 e. The summed E-state index contributed by atoms with van der Waals surface area (Å²) >= 11 is 0. The van der Waals surface area contributed by atoms with E-state index in [0.717, 1.165) is 0 Å². The molecule has 1 aromatic heterocycles. The lowest BCUT2D eigenvalue weighted by Gasteiger charge is -2.13. The maximum atomic E-state index is 13.1. The van der Waals surface area contributed by atoms with Crippen LogP contribution >= 0.6 is 0 Å². The average Bonchev–Trinajstić information content (AvgIpc) is 2.67. The van der Waals surface area contributed by atoms with Crippen LogP contribution in [-0.4, -0.2) is 34.8 Å². The quantitative estimate of drug-likeness (QED) is 0.447. The lowest BCUT2D eigenvalue weighted by molar-refractivity contribution is -0.138. The van der Waals surface area contributed by atoms with Crippen LogP contribution in [0, 0.1) is 5.95 Å². The summed E-state index contributed by atoms with van der Waals surface area (Å²) in [4.78, 5) is 27.3. The Labute approximate surface area is 104 Å². The molecule has 0 radical (unpaired) electrons. The van der Waals surface area contributed by atoms with Crippen LogP contribution in [-0.2, 0) is 9.59 Å². The molecule has 0 atom stereocenters. The number of hydrogen-bond acceptors (Lipinski definition) is 4. The van der Waals surface area contributed by atoms with Crippen molar-refractivity contribution in [3.05, 3.63) is 24.3 Å². The van der Waals surface area contributed by atoms with E-state index in [9.17, 15) is 14.0 Å². The third-order valence-corrected chi connectivity index (χ3v) is 2.66. The molecule has 2 rings (SSSR count). The summed E-state index contributed by atoms with van der Waals surface area (Å²) in [6.45, 7) is 0.555. The van der Waals surface area contributed by atoms with Gasteiger partial charge in [-0.05, 0) is 18.6 Å². The molecule has 0 unspecified atom stereocenters. The highest BCUT2D eigenvalue weighted by Crippen LogP contribution is 2.14. The molecule has 1 aromatic rings. The first-order chi connectivity index (χ1) is 8.68. The highest BCUT2D eigenvalue weighted by Gasteiger charge is 2.27. The fourth-order valence-electron chi connectivity index (χ4n) is 1.76. The number of hydrogen-bond donors (Lipinski definition) is 0. The molecule has 2 amide bonds. The standard InChI is InChI=1S/C12H13FN2O3/c13-12-9(3-1-6-14-12)18-8-2-7-15-10(16)4-5-11(15)17/h1,3,6H,2,4-5,7-8H2/i13-1. The van der Waals surface area contributed by atoms with E-state index >= 15 is 0 Å². The van der Waals surface area contributed by atoms with Gasteiger partial charge in [0.2, 0.25) is 11.8 Å². The first-order valence-corrected chi connectivity index (χ1v) is 5.75. The van der Waals surface area contributed by atoms with Crippen LogP contribution in [0.3, 0.4) is 0 Å². The smallest absolute Gasteiger partial charge is 0.255 e.